The van der Waals surface area contributed by atoms with Crippen molar-refractivity contribution in [1.29, 1.82) is 0 Å². The number of alkyl halides is 2. The van der Waals surface area contributed by atoms with Gasteiger partial charge in [-0.2, -0.15) is 0 Å². The molecule has 7 nitrogen and oxygen atoms in total. The standard InChI is InChI=1S/C23H31Cl2N5O2.ClH/c1-29(2)14-4-13-26-22(31)18-5-3-6-20(17-18)28-23(32)27-19-7-9-21(10-8-19)30(15-11-24)16-12-25;/h3,5-10,17H,4,11-16H2,1-2H3,(H,26,31)(H2,27,28,32);1H. The van der Waals surface area contributed by atoms with Gasteiger partial charge in [0, 0.05) is 54.0 Å². The monoisotopic (exact) mass is 515 g/mol. The Morgan fingerprint density at radius 2 is 1.52 bits per heavy atom. The number of amides is 3. The van der Waals surface area contributed by atoms with Gasteiger partial charge in [0.05, 0.1) is 0 Å². The molecule has 10 heteroatoms. The molecule has 0 saturated heterocycles. The van der Waals surface area contributed by atoms with Crippen molar-refractivity contribution in [3.05, 3.63) is 54.1 Å². The summed E-state index contributed by atoms with van der Waals surface area (Å²) in [4.78, 5) is 28.9. The minimum absolute atomic E-state index is 0. The van der Waals surface area contributed by atoms with E-state index in [1.54, 1.807) is 24.3 Å². The fourth-order valence-electron chi connectivity index (χ4n) is 3.06. The van der Waals surface area contributed by atoms with Crippen molar-refractivity contribution in [1.82, 2.24) is 10.2 Å². The lowest BCUT2D eigenvalue weighted by molar-refractivity contribution is 0.0952. The predicted molar refractivity (Wildman–Crippen MR) is 142 cm³/mol. The Morgan fingerprint density at radius 3 is 2.12 bits per heavy atom. The Kier molecular flexibility index (Phi) is 13.6. The van der Waals surface area contributed by atoms with Crippen molar-refractivity contribution in [2.75, 3.05) is 67.6 Å². The molecule has 2 rings (SSSR count). The quantitative estimate of drug-likeness (QED) is 0.282. The number of hydrogen-bond donors (Lipinski definition) is 3. The van der Waals surface area contributed by atoms with Crippen LogP contribution in [0.25, 0.3) is 0 Å². The van der Waals surface area contributed by atoms with Crippen molar-refractivity contribution >= 4 is 64.6 Å². The lowest BCUT2D eigenvalue weighted by Gasteiger charge is -2.23. The van der Waals surface area contributed by atoms with Crippen LogP contribution in [-0.4, -0.2) is 68.9 Å². The van der Waals surface area contributed by atoms with Crippen molar-refractivity contribution in [2.45, 2.75) is 6.42 Å². The van der Waals surface area contributed by atoms with E-state index < -0.39 is 0 Å². The van der Waals surface area contributed by atoms with Gasteiger partial charge in [0.2, 0.25) is 0 Å². The summed E-state index contributed by atoms with van der Waals surface area (Å²) in [7, 11) is 3.99. The summed E-state index contributed by atoms with van der Waals surface area (Å²) in [5, 5.41) is 8.45. The smallest absolute Gasteiger partial charge is 0.323 e. The highest BCUT2D eigenvalue weighted by molar-refractivity contribution is 6.18. The van der Waals surface area contributed by atoms with Crippen LogP contribution in [-0.2, 0) is 0 Å². The first-order chi connectivity index (χ1) is 15.4. The third-order valence-electron chi connectivity index (χ3n) is 4.65. The minimum atomic E-state index is -0.389. The van der Waals surface area contributed by atoms with Crippen LogP contribution in [0.3, 0.4) is 0 Å². The first kappa shape index (κ1) is 28.8. The van der Waals surface area contributed by atoms with Gasteiger partial charge in [-0.05, 0) is 69.5 Å². The summed E-state index contributed by atoms with van der Waals surface area (Å²) < 4.78 is 0. The normalized spacial score (nSPS) is 10.3. The van der Waals surface area contributed by atoms with E-state index in [4.69, 9.17) is 23.2 Å². The van der Waals surface area contributed by atoms with Gasteiger partial charge < -0.3 is 25.8 Å². The van der Waals surface area contributed by atoms with E-state index in [2.05, 4.69) is 25.8 Å². The van der Waals surface area contributed by atoms with Gasteiger partial charge in [-0.3, -0.25) is 4.79 Å². The Bertz CT molecular complexity index is 859. The molecule has 33 heavy (non-hydrogen) atoms. The summed E-state index contributed by atoms with van der Waals surface area (Å²) >= 11 is 11.7. The first-order valence-electron chi connectivity index (χ1n) is 10.5. The SMILES string of the molecule is CN(C)CCCNC(=O)c1cccc(NC(=O)Nc2ccc(N(CCCl)CCCl)cc2)c1.Cl. The number of hydrogen-bond acceptors (Lipinski definition) is 4. The molecular weight excluding hydrogens is 485 g/mol. The van der Waals surface area contributed by atoms with Crippen LogP contribution in [0.5, 0.6) is 0 Å². The molecule has 0 radical (unpaired) electrons. The van der Waals surface area contributed by atoms with Crippen molar-refractivity contribution in [2.24, 2.45) is 0 Å². The van der Waals surface area contributed by atoms with Gasteiger partial charge in [-0.15, -0.1) is 35.6 Å². The molecule has 0 fully saturated rings. The lowest BCUT2D eigenvalue weighted by atomic mass is 10.2. The molecule has 2 aromatic rings. The third kappa shape index (κ3) is 10.5. The molecule has 0 aliphatic rings. The van der Waals surface area contributed by atoms with Crippen LogP contribution in [0.1, 0.15) is 16.8 Å². The molecule has 182 valence electrons. The summed E-state index contributed by atoms with van der Waals surface area (Å²) in [6, 6.07) is 13.9. The molecule has 0 aliphatic heterocycles. The highest BCUT2D eigenvalue weighted by Gasteiger charge is 2.09. The van der Waals surface area contributed by atoms with Crippen molar-refractivity contribution in [3.8, 4) is 0 Å². The average Bonchev–Trinajstić information content (AvgIpc) is 2.77. The van der Waals surface area contributed by atoms with E-state index in [9.17, 15) is 9.59 Å². The van der Waals surface area contributed by atoms with Crippen LogP contribution < -0.4 is 20.9 Å². The number of urea groups is 1. The maximum atomic E-state index is 12.4. The lowest BCUT2D eigenvalue weighted by Crippen LogP contribution is -2.27. The van der Waals surface area contributed by atoms with Gasteiger partial charge in [0.1, 0.15) is 0 Å². The molecule has 0 spiro atoms. The molecule has 3 amide bonds. The largest absolute Gasteiger partial charge is 0.369 e. The average molecular weight is 517 g/mol. The minimum Gasteiger partial charge on any atom is -0.369 e. The van der Waals surface area contributed by atoms with E-state index in [-0.39, 0.29) is 24.3 Å². The van der Waals surface area contributed by atoms with Crippen molar-refractivity contribution in [3.63, 3.8) is 0 Å². The highest BCUT2D eigenvalue weighted by Crippen LogP contribution is 2.19. The van der Waals surface area contributed by atoms with Gasteiger partial charge in [-0.1, -0.05) is 6.07 Å². The second-order valence-electron chi connectivity index (χ2n) is 7.48. The third-order valence-corrected chi connectivity index (χ3v) is 4.99. The number of rotatable bonds is 12. The fourth-order valence-corrected chi connectivity index (χ4v) is 3.47. The second kappa shape index (κ2) is 15.6. The molecule has 0 aliphatic carbocycles. The number of carbonyl (C=O) groups is 2. The van der Waals surface area contributed by atoms with Gasteiger partial charge in [0.25, 0.3) is 5.91 Å². The van der Waals surface area contributed by atoms with Gasteiger partial charge in [0.15, 0.2) is 0 Å². The van der Waals surface area contributed by atoms with Gasteiger partial charge in [-0.25, -0.2) is 4.79 Å². The zero-order chi connectivity index (χ0) is 23.3. The fraction of sp³-hybridized carbons (Fsp3) is 0.391. The maximum Gasteiger partial charge on any atom is 0.323 e. The van der Waals surface area contributed by atoms with Crippen LogP contribution in [0.2, 0.25) is 0 Å². The van der Waals surface area contributed by atoms with E-state index in [1.807, 2.05) is 38.4 Å². The number of nitrogens with zero attached hydrogens (tertiary/aromatic N) is 2. The number of carbonyl (C=O) groups excluding carboxylic acids is 2. The molecule has 0 aromatic heterocycles. The summed E-state index contributed by atoms with van der Waals surface area (Å²) in [5.41, 5.74) is 2.67. The Hall–Kier alpha value is -2.19. The Balaban J connectivity index is 0.00000544. The van der Waals surface area contributed by atoms with E-state index >= 15 is 0 Å². The first-order valence-corrected chi connectivity index (χ1v) is 11.6. The summed E-state index contributed by atoms with van der Waals surface area (Å²) in [6.45, 7) is 2.89. The molecule has 0 atom stereocenters. The zero-order valence-electron chi connectivity index (χ0n) is 18.9. The number of halogens is 3. The molecular formula is C23H32Cl3N5O2. The van der Waals surface area contributed by atoms with Gasteiger partial charge >= 0.3 is 6.03 Å². The van der Waals surface area contributed by atoms with E-state index in [0.717, 1.165) is 18.7 Å². The Morgan fingerprint density at radius 1 is 0.879 bits per heavy atom. The number of nitrogens with one attached hydrogen (secondary N) is 3. The molecule has 0 unspecified atom stereocenters. The van der Waals surface area contributed by atoms with Crippen LogP contribution in [0.15, 0.2) is 48.5 Å². The predicted octanol–water partition coefficient (Wildman–Crippen LogP) is 4.72. The zero-order valence-corrected chi connectivity index (χ0v) is 21.3. The number of benzene rings is 2. The summed E-state index contributed by atoms with van der Waals surface area (Å²) in [5.74, 6) is 0.848. The van der Waals surface area contributed by atoms with Crippen LogP contribution >= 0.6 is 35.6 Å². The summed E-state index contributed by atoms with van der Waals surface area (Å²) in [6.07, 6.45) is 0.868. The molecule has 0 saturated carbocycles. The number of anilines is 3. The van der Waals surface area contributed by atoms with E-state index in [0.29, 0.717) is 48.3 Å². The molecule has 3 N–H and O–H groups in total. The van der Waals surface area contributed by atoms with Crippen LogP contribution in [0, 0.1) is 0 Å². The second-order valence-corrected chi connectivity index (χ2v) is 8.24. The molecule has 2 aromatic carbocycles. The Labute approximate surface area is 212 Å². The van der Waals surface area contributed by atoms with E-state index in [1.165, 1.54) is 0 Å². The van der Waals surface area contributed by atoms with Crippen molar-refractivity contribution < 1.29 is 9.59 Å². The molecule has 0 heterocycles. The van der Waals surface area contributed by atoms with Crippen LogP contribution in [0.4, 0.5) is 21.9 Å². The highest BCUT2D eigenvalue weighted by atomic mass is 35.5. The molecule has 0 bridgehead atoms. The maximum absolute atomic E-state index is 12.4. The topological polar surface area (TPSA) is 76.7 Å².